The number of aromatic nitrogens is 4. The number of imidazole rings is 1. The summed E-state index contributed by atoms with van der Waals surface area (Å²) in [6, 6.07) is 0. The van der Waals surface area contributed by atoms with Crippen LogP contribution < -0.4 is 5.73 Å². The van der Waals surface area contributed by atoms with Crippen molar-refractivity contribution in [1.29, 1.82) is 0 Å². The predicted octanol–water partition coefficient (Wildman–Crippen LogP) is 0.677. The number of rotatable bonds is 2. The number of halogens is 2. The maximum absolute atomic E-state index is 14.8. The van der Waals surface area contributed by atoms with Gasteiger partial charge in [0.25, 0.3) is 0 Å². The average Bonchev–Trinajstić information content (AvgIpc) is 2.91. The number of aliphatic hydroxyl groups is 2. The number of ether oxygens (including phenoxy) is 1. The summed E-state index contributed by atoms with van der Waals surface area (Å²) in [5.74, 6) is -0.0907. The van der Waals surface area contributed by atoms with E-state index in [1.165, 1.54) is 17.8 Å². The second-order valence-corrected chi connectivity index (χ2v) is 5.36. The monoisotopic (exact) mass is 333 g/mol. The quantitative estimate of drug-likeness (QED) is 0.691. The van der Waals surface area contributed by atoms with E-state index in [9.17, 15) is 9.50 Å². The van der Waals surface area contributed by atoms with E-state index >= 15 is 0 Å². The molecule has 0 saturated carbocycles. The summed E-state index contributed by atoms with van der Waals surface area (Å²) in [6.45, 7) is 0.664. The normalized spacial score (nSPS) is 31.4. The van der Waals surface area contributed by atoms with Gasteiger partial charge in [-0.15, -0.1) is 0 Å². The number of aliphatic hydroxyl groups excluding tert-OH is 2. The fourth-order valence-electron chi connectivity index (χ4n) is 2.43. The molecule has 8 nitrogen and oxygen atoms in total. The third-order valence-electron chi connectivity index (χ3n) is 3.55. The molecular formula is C12H17ClFN5O3. The van der Waals surface area contributed by atoms with Gasteiger partial charge in [0.15, 0.2) is 22.7 Å². The van der Waals surface area contributed by atoms with Crippen molar-refractivity contribution < 1.29 is 19.3 Å². The standard InChI is InChI=1S/C11H13ClFN5O3.CH4/c1-11(13)6(20)4(2-19)21-9(11)18-3-15-5-7(12)16-10(14)17-8(5)18;/h3-4,6,9,19-20H,2H2,1H3,(H2,14,16,17);1H4/t4?,6?,9?,11-;/m1./s1. The summed E-state index contributed by atoms with van der Waals surface area (Å²) in [7, 11) is 0. The molecule has 4 N–H and O–H groups in total. The molecule has 122 valence electrons. The molecule has 0 radical (unpaired) electrons. The van der Waals surface area contributed by atoms with Crippen LogP contribution in [0.5, 0.6) is 0 Å². The van der Waals surface area contributed by atoms with Crippen molar-refractivity contribution in [3.05, 3.63) is 11.5 Å². The molecule has 3 rings (SSSR count). The lowest BCUT2D eigenvalue weighted by Gasteiger charge is -2.24. The summed E-state index contributed by atoms with van der Waals surface area (Å²) in [5.41, 5.74) is 3.81. The van der Waals surface area contributed by atoms with E-state index in [-0.39, 0.29) is 29.7 Å². The lowest BCUT2D eigenvalue weighted by Crippen LogP contribution is -2.40. The number of nitrogens with zero attached hydrogens (tertiary/aromatic N) is 4. The van der Waals surface area contributed by atoms with Crippen molar-refractivity contribution in [3.8, 4) is 0 Å². The molecule has 1 aliphatic rings. The highest BCUT2D eigenvalue weighted by Gasteiger charge is 2.55. The Balaban J connectivity index is 0.00000176. The Morgan fingerprint density at radius 2 is 2.23 bits per heavy atom. The molecule has 2 aromatic rings. The number of hydrogen-bond donors (Lipinski definition) is 3. The number of anilines is 1. The molecule has 2 aromatic heterocycles. The van der Waals surface area contributed by atoms with E-state index in [0.717, 1.165) is 0 Å². The zero-order valence-electron chi connectivity index (χ0n) is 10.9. The van der Waals surface area contributed by atoms with Crippen LogP contribution >= 0.6 is 11.6 Å². The topological polar surface area (TPSA) is 119 Å². The van der Waals surface area contributed by atoms with Gasteiger partial charge in [-0.2, -0.15) is 9.97 Å². The summed E-state index contributed by atoms with van der Waals surface area (Å²) >= 11 is 5.91. The van der Waals surface area contributed by atoms with E-state index in [4.69, 9.17) is 27.2 Å². The van der Waals surface area contributed by atoms with Gasteiger partial charge in [0.2, 0.25) is 5.95 Å². The highest BCUT2D eigenvalue weighted by atomic mass is 35.5. The fraction of sp³-hybridized carbons (Fsp3) is 0.583. The minimum atomic E-state index is -2.15. The highest BCUT2D eigenvalue weighted by Crippen LogP contribution is 2.42. The fourth-order valence-corrected chi connectivity index (χ4v) is 2.65. The van der Waals surface area contributed by atoms with Gasteiger partial charge < -0.3 is 20.7 Å². The molecule has 0 spiro atoms. The SMILES string of the molecule is C.C[C@@]1(F)C(O)C(CO)OC1n1cnc2c(Cl)nc(N)nc21. The Morgan fingerprint density at radius 1 is 1.55 bits per heavy atom. The van der Waals surface area contributed by atoms with Crippen LogP contribution in [0.1, 0.15) is 20.6 Å². The van der Waals surface area contributed by atoms with E-state index in [1.807, 2.05) is 0 Å². The number of fused-ring (bicyclic) bond motifs is 1. The number of hydrogen-bond acceptors (Lipinski definition) is 7. The molecule has 10 heteroatoms. The van der Waals surface area contributed by atoms with E-state index in [1.54, 1.807) is 0 Å². The first-order valence-electron chi connectivity index (χ1n) is 6.15. The van der Waals surface area contributed by atoms with Gasteiger partial charge in [-0.05, 0) is 6.92 Å². The first kappa shape index (κ1) is 16.8. The lowest BCUT2D eigenvalue weighted by atomic mass is 9.99. The van der Waals surface area contributed by atoms with Gasteiger partial charge in [0.05, 0.1) is 12.9 Å². The molecule has 0 aliphatic carbocycles. The average molecular weight is 334 g/mol. The zero-order valence-corrected chi connectivity index (χ0v) is 11.7. The Kier molecular flexibility index (Phi) is 4.26. The molecule has 0 aromatic carbocycles. The second kappa shape index (κ2) is 5.58. The minimum absolute atomic E-state index is 0. The van der Waals surface area contributed by atoms with Crippen LogP contribution in [-0.4, -0.2) is 54.2 Å². The number of nitrogen functional groups attached to an aromatic ring is 1. The van der Waals surface area contributed by atoms with Crippen molar-refractivity contribution in [2.24, 2.45) is 0 Å². The van der Waals surface area contributed by atoms with Crippen LogP contribution in [-0.2, 0) is 4.74 Å². The molecule has 0 bridgehead atoms. The molecule has 22 heavy (non-hydrogen) atoms. The lowest BCUT2D eigenvalue weighted by molar-refractivity contribution is -0.0566. The van der Waals surface area contributed by atoms with Crippen LogP contribution in [0, 0.1) is 0 Å². The van der Waals surface area contributed by atoms with Crippen LogP contribution in [0.15, 0.2) is 6.33 Å². The van der Waals surface area contributed by atoms with Crippen molar-refractivity contribution in [1.82, 2.24) is 19.5 Å². The molecule has 1 saturated heterocycles. The largest absolute Gasteiger partial charge is 0.394 e. The first-order chi connectivity index (χ1) is 9.86. The van der Waals surface area contributed by atoms with Gasteiger partial charge in [-0.1, -0.05) is 19.0 Å². The molecule has 1 aliphatic heterocycles. The summed E-state index contributed by atoms with van der Waals surface area (Å²) in [5, 5.41) is 19.1. The smallest absolute Gasteiger partial charge is 0.223 e. The molecular weight excluding hydrogens is 317 g/mol. The summed E-state index contributed by atoms with van der Waals surface area (Å²) in [4.78, 5) is 11.7. The first-order valence-corrected chi connectivity index (χ1v) is 6.53. The minimum Gasteiger partial charge on any atom is -0.394 e. The summed E-state index contributed by atoms with van der Waals surface area (Å²) < 4.78 is 21.4. The maximum atomic E-state index is 14.8. The third kappa shape index (κ3) is 2.30. The summed E-state index contributed by atoms with van der Waals surface area (Å²) in [6.07, 6.45) is -2.48. The Bertz CT molecular complexity index is 695. The molecule has 3 unspecified atom stereocenters. The van der Waals surface area contributed by atoms with Gasteiger partial charge >= 0.3 is 0 Å². The maximum Gasteiger partial charge on any atom is 0.223 e. The van der Waals surface area contributed by atoms with Crippen molar-refractivity contribution in [2.45, 2.75) is 38.5 Å². The third-order valence-corrected chi connectivity index (χ3v) is 3.81. The molecule has 1 fully saturated rings. The van der Waals surface area contributed by atoms with E-state index in [2.05, 4.69) is 15.0 Å². The predicted molar refractivity (Wildman–Crippen MR) is 78.0 cm³/mol. The zero-order chi connectivity index (χ0) is 15.4. The van der Waals surface area contributed by atoms with Crippen molar-refractivity contribution >= 4 is 28.7 Å². The van der Waals surface area contributed by atoms with E-state index < -0.39 is 30.7 Å². The van der Waals surface area contributed by atoms with Crippen molar-refractivity contribution in [2.75, 3.05) is 12.3 Å². The van der Waals surface area contributed by atoms with Crippen LogP contribution in [0.25, 0.3) is 11.2 Å². The number of alkyl halides is 1. The van der Waals surface area contributed by atoms with Crippen LogP contribution in [0.4, 0.5) is 10.3 Å². The van der Waals surface area contributed by atoms with Gasteiger partial charge in [-0.25, -0.2) is 9.37 Å². The Hall–Kier alpha value is -1.55. The van der Waals surface area contributed by atoms with Gasteiger partial charge in [-0.3, -0.25) is 4.57 Å². The Morgan fingerprint density at radius 3 is 2.82 bits per heavy atom. The molecule has 4 atom stereocenters. The van der Waals surface area contributed by atoms with Gasteiger partial charge in [0.1, 0.15) is 17.7 Å². The van der Waals surface area contributed by atoms with Crippen molar-refractivity contribution in [3.63, 3.8) is 0 Å². The highest BCUT2D eigenvalue weighted by molar-refractivity contribution is 6.33. The van der Waals surface area contributed by atoms with E-state index in [0.29, 0.717) is 0 Å². The van der Waals surface area contributed by atoms with Crippen LogP contribution in [0.3, 0.4) is 0 Å². The molecule has 3 heterocycles. The second-order valence-electron chi connectivity index (χ2n) is 5.00. The number of nitrogens with two attached hydrogens (primary N) is 1. The van der Waals surface area contributed by atoms with Crippen LogP contribution in [0.2, 0.25) is 5.15 Å². The Labute approximate surface area is 130 Å². The molecule has 0 amide bonds. The van der Waals surface area contributed by atoms with Gasteiger partial charge in [0, 0.05) is 0 Å².